The van der Waals surface area contributed by atoms with Crippen LogP contribution in [-0.2, 0) is 9.53 Å². The maximum Gasteiger partial charge on any atom is 0.250 e. The molecule has 1 heterocycles. The molecular weight excluding hydrogens is 344 g/mol. The van der Waals surface area contributed by atoms with Crippen LogP contribution in [0, 0.1) is 6.92 Å². The molecule has 3 rings (SSSR count). The van der Waals surface area contributed by atoms with Gasteiger partial charge < -0.3 is 15.4 Å². The second-order valence-corrected chi connectivity index (χ2v) is 8.13. The zero-order valence-corrected chi connectivity index (χ0v) is 15.8. The Bertz CT molecular complexity index is 526. The second kappa shape index (κ2) is 9.09. The molecule has 0 radical (unpaired) electrons. The van der Waals surface area contributed by atoms with Crippen molar-refractivity contribution in [3.63, 3.8) is 0 Å². The highest BCUT2D eigenvalue weighted by Crippen LogP contribution is 2.44. The molecule has 1 saturated heterocycles. The van der Waals surface area contributed by atoms with Crippen LogP contribution in [0.3, 0.4) is 0 Å². The van der Waals surface area contributed by atoms with Gasteiger partial charge in [-0.2, -0.15) is 0 Å². The van der Waals surface area contributed by atoms with Gasteiger partial charge in [-0.25, -0.2) is 0 Å². The number of rotatable bonds is 5. The molecule has 0 aromatic heterocycles. The van der Waals surface area contributed by atoms with E-state index >= 15 is 0 Å². The van der Waals surface area contributed by atoms with Crippen molar-refractivity contribution in [3.05, 3.63) is 29.8 Å². The molecule has 1 atom stereocenters. The van der Waals surface area contributed by atoms with Gasteiger partial charge in [0.1, 0.15) is 6.10 Å². The number of thioether (sulfide) groups is 1. The highest BCUT2D eigenvalue weighted by molar-refractivity contribution is 8.00. The molecule has 1 aromatic carbocycles. The molecule has 1 aliphatic heterocycles. The fourth-order valence-electron chi connectivity index (χ4n) is 3.29. The van der Waals surface area contributed by atoms with E-state index in [0.717, 1.165) is 25.9 Å². The summed E-state index contributed by atoms with van der Waals surface area (Å²) in [6.45, 7) is 4.89. The maximum absolute atomic E-state index is 12.3. The second-order valence-electron chi connectivity index (χ2n) is 6.59. The standard InChI is InChI=1S/C18H26N2O2S.ClH/c1-14-4-6-15(7-5-14)23-18(8-2-3-9-18)13-20-17(21)16-12-19-10-11-22-16;/h4-7,16,19H,2-3,8-13H2,1H3,(H,20,21);1H. The highest BCUT2D eigenvalue weighted by atomic mass is 35.5. The molecule has 24 heavy (non-hydrogen) atoms. The molecule has 2 fully saturated rings. The maximum atomic E-state index is 12.3. The van der Waals surface area contributed by atoms with Gasteiger partial charge >= 0.3 is 0 Å². The lowest BCUT2D eigenvalue weighted by Gasteiger charge is -2.30. The number of carbonyl (C=O) groups excluding carboxylic acids is 1. The SMILES string of the molecule is Cc1ccc(SC2(CNC(=O)C3CNCCO3)CCCC2)cc1.Cl. The van der Waals surface area contributed by atoms with Crippen LogP contribution < -0.4 is 10.6 Å². The van der Waals surface area contributed by atoms with Crippen molar-refractivity contribution in [2.24, 2.45) is 0 Å². The van der Waals surface area contributed by atoms with E-state index in [1.165, 1.54) is 23.3 Å². The molecule has 0 spiro atoms. The summed E-state index contributed by atoms with van der Waals surface area (Å²) in [7, 11) is 0. The monoisotopic (exact) mass is 370 g/mol. The van der Waals surface area contributed by atoms with E-state index < -0.39 is 0 Å². The summed E-state index contributed by atoms with van der Waals surface area (Å²) in [5.41, 5.74) is 1.28. The van der Waals surface area contributed by atoms with Gasteiger partial charge in [-0.05, 0) is 31.9 Å². The zero-order chi connectivity index (χ0) is 16.1. The van der Waals surface area contributed by atoms with E-state index in [2.05, 4.69) is 41.8 Å². The van der Waals surface area contributed by atoms with Crippen molar-refractivity contribution in [2.75, 3.05) is 26.2 Å². The smallest absolute Gasteiger partial charge is 0.250 e. The zero-order valence-electron chi connectivity index (χ0n) is 14.2. The van der Waals surface area contributed by atoms with Crippen molar-refractivity contribution in [2.45, 2.75) is 48.4 Å². The molecule has 1 aromatic rings. The van der Waals surface area contributed by atoms with E-state index in [9.17, 15) is 4.79 Å². The number of ether oxygens (including phenoxy) is 1. The number of hydrogen-bond acceptors (Lipinski definition) is 4. The van der Waals surface area contributed by atoms with E-state index in [1.54, 1.807) is 0 Å². The minimum atomic E-state index is -0.341. The van der Waals surface area contributed by atoms with Crippen LogP contribution in [0.4, 0.5) is 0 Å². The first-order valence-corrected chi connectivity index (χ1v) is 9.34. The number of morpholine rings is 1. The Kier molecular flexibility index (Phi) is 7.41. The summed E-state index contributed by atoms with van der Waals surface area (Å²) in [5.74, 6) is 0.0213. The Morgan fingerprint density at radius 3 is 2.67 bits per heavy atom. The first kappa shape index (κ1) is 19.6. The molecule has 134 valence electrons. The number of halogens is 1. The van der Waals surface area contributed by atoms with Gasteiger partial charge in [0.05, 0.1) is 6.61 Å². The molecule has 1 saturated carbocycles. The van der Waals surface area contributed by atoms with Gasteiger partial charge in [-0.3, -0.25) is 4.79 Å². The molecule has 1 unspecified atom stereocenters. The number of benzene rings is 1. The Morgan fingerprint density at radius 1 is 1.33 bits per heavy atom. The summed E-state index contributed by atoms with van der Waals surface area (Å²) in [6, 6.07) is 8.70. The van der Waals surface area contributed by atoms with Gasteiger partial charge in [-0.1, -0.05) is 30.5 Å². The summed E-state index contributed by atoms with van der Waals surface area (Å²) in [4.78, 5) is 13.6. The fourth-order valence-corrected chi connectivity index (χ4v) is 4.70. The quantitative estimate of drug-likeness (QED) is 0.836. The molecule has 2 N–H and O–H groups in total. The van der Waals surface area contributed by atoms with E-state index in [4.69, 9.17) is 4.74 Å². The highest BCUT2D eigenvalue weighted by Gasteiger charge is 2.36. The van der Waals surface area contributed by atoms with E-state index in [1.807, 2.05) is 11.8 Å². The normalized spacial score (nSPS) is 22.6. The molecule has 2 aliphatic rings. The van der Waals surface area contributed by atoms with Crippen molar-refractivity contribution in [1.82, 2.24) is 10.6 Å². The number of aryl methyl sites for hydroxylation is 1. The van der Waals surface area contributed by atoms with Crippen molar-refractivity contribution in [1.29, 1.82) is 0 Å². The largest absolute Gasteiger partial charge is 0.366 e. The van der Waals surface area contributed by atoms with Crippen LogP contribution in [-0.4, -0.2) is 43.0 Å². The van der Waals surface area contributed by atoms with Gasteiger partial charge in [0.2, 0.25) is 0 Å². The number of hydrogen-bond donors (Lipinski definition) is 2. The van der Waals surface area contributed by atoms with E-state index in [0.29, 0.717) is 13.2 Å². The predicted molar refractivity (Wildman–Crippen MR) is 101 cm³/mol. The average Bonchev–Trinajstić information content (AvgIpc) is 3.04. The summed E-state index contributed by atoms with van der Waals surface area (Å²) in [6.07, 6.45) is 4.48. The fraction of sp³-hybridized carbons (Fsp3) is 0.611. The minimum absolute atomic E-state index is 0. The third kappa shape index (κ3) is 5.12. The molecule has 4 nitrogen and oxygen atoms in total. The number of carbonyl (C=O) groups is 1. The minimum Gasteiger partial charge on any atom is -0.366 e. The lowest BCUT2D eigenvalue weighted by molar-refractivity contribution is -0.134. The first-order valence-electron chi connectivity index (χ1n) is 8.53. The average molecular weight is 371 g/mol. The van der Waals surface area contributed by atoms with Crippen molar-refractivity contribution >= 4 is 30.1 Å². The first-order chi connectivity index (χ1) is 11.2. The van der Waals surface area contributed by atoms with Crippen LogP contribution in [0.1, 0.15) is 31.2 Å². The molecule has 0 bridgehead atoms. The number of amides is 1. The van der Waals surface area contributed by atoms with Gasteiger partial charge in [0.25, 0.3) is 5.91 Å². The Balaban J connectivity index is 0.00000208. The van der Waals surface area contributed by atoms with E-state index in [-0.39, 0.29) is 29.2 Å². The summed E-state index contributed by atoms with van der Waals surface area (Å²) >= 11 is 1.92. The predicted octanol–water partition coefficient (Wildman–Crippen LogP) is 2.93. The molecule has 1 aliphatic carbocycles. The topological polar surface area (TPSA) is 50.4 Å². The summed E-state index contributed by atoms with van der Waals surface area (Å²) < 4.78 is 5.67. The lowest BCUT2D eigenvalue weighted by Crippen LogP contribution is -2.50. The van der Waals surface area contributed by atoms with Crippen LogP contribution in [0.25, 0.3) is 0 Å². The van der Waals surface area contributed by atoms with Crippen molar-refractivity contribution < 1.29 is 9.53 Å². The van der Waals surface area contributed by atoms with Gasteiger partial charge in [-0.15, -0.1) is 24.2 Å². The molecule has 6 heteroatoms. The van der Waals surface area contributed by atoms with Crippen LogP contribution in [0.15, 0.2) is 29.2 Å². The Labute approximate surface area is 154 Å². The van der Waals surface area contributed by atoms with Crippen molar-refractivity contribution in [3.8, 4) is 0 Å². The van der Waals surface area contributed by atoms with Crippen LogP contribution >= 0.6 is 24.2 Å². The molecule has 1 amide bonds. The Hall–Kier alpha value is -0.750. The third-order valence-electron chi connectivity index (χ3n) is 4.67. The van der Waals surface area contributed by atoms with Crippen LogP contribution in [0.2, 0.25) is 0 Å². The van der Waals surface area contributed by atoms with Crippen LogP contribution in [0.5, 0.6) is 0 Å². The number of nitrogens with one attached hydrogen (secondary N) is 2. The lowest BCUT2D eigenvalue weighted by atomic mass is 10.1. The molecular formula is C18H27ClN2O2S. The third-order valence-corrected chi connectivity index (χ3v) is 6.17. The van der Waals surface area contributed by atoms with Gasteiger partial charge in [0.15, 0.2) is 0 Å². The van der Waals surface area contributed by atoms with Gasteiger partial charge in [0, 0.05) is 29.3 Å². The Morgan fingerprint density at radius 2 is 2.04 bits per heavy atom. The summed E-state index contributed by atoms with van der Waals surface area (Å²) in [5, 5.41) is 6.35.